The first-order chi connectivity index (χ1) is 8.61. The van der Waals surface area contributed by atoms with Crippen molar-refractivity contribution in [2.24, 2.45) is 5.92 Å². The molecule has 0 radical (unpaired) electrons. The lowest BCUT2D eigenvalue weighted by Crippen LogP contribution is -2.27. The molecule has 3 nitrogen and oxygen atoms in total. The van der Waals surface area contributed by atoms with E-state index in [4.69, 9.17) is 0 Å². The second kappa shape index (κ2) is 5.83. The highest BCUT2D eigenvalue weighted by molar-refractivity contribution is 7.10. The summed E-state index contributed by atoms with van der Waals surface area (Å²) in [5.74, 6) is 0.956. The number of carbonyl (C=O) groups excluding carboxylic acids is 1. The molecule has 1 aliphatic rings. The van der Waals surface area contributed by atoms with E-state index in [0.29, 0.717) is 6.04 Å². The number of rotatable bonds is 4. The molecule has 0 aromatic carbocycles. The van der Waals surface area contributed by atoms with Crippen molar-refractivity contribution in [2.45, 2.75) is 58.9 Å². The van der Waals surface area contributed by atoms with Crippen LogP contribution in [0.25, 0.3) is 0 Å². The van der Waals surface area contributed by atoms with Crippen LogP contribution in [-0.4, -0.2) is 16.2 Å². The molecule has 1 N–H and O–H groups in total. The maximum absolute atomic E-state index is 11.6. The lowest BCUT2D eigenvalue weighted by atomic mass is 9.84. The zero-order valence-electron chi connectivity index (χ0n) is 11.5. The van der Waals surface area contributed by atoms with E-state index in [9.17, 15) is 4.79 Å². The smallest absolute Gasteiger partial charge is 0.164 e. The van der Waals surface area contributed by atoms with E-state index in [2.05, 4.69) is 16.6 Å². The number of nitrogens with zero attached hydrogens (tertiary/aromatic N) is 1. The molecular formula is C14H22N2OS. The second-order valence-electron chi connectivity index (χ2n) is 5.31. The topological polar surface area (TPSA) is 42.0 Å². The van der Waals surface area contributed by atoms with Gasteiger partial charge in [0.15, 0.2) is 5.78 Å². The molecule has 1 saturated carbocycles. The van der Waals surface area contributed by atoms with Crippen molar-refractivity contribution in [3.8, 4) is 0 Å². The molecule has 1 fully saturated rings. The van der Waals surface area contributed by atoms with Crippen LogP contribution >= 0.6 is 11.5 Å². The molecule has 2 atom stereocenters. The van der Waals surface area contributed by atoms with Crippen LogP contribution in [0.2, 0.25) is 0 Å². The predicted octanol–water partition coefficient (Wildman–Crippen LogP) is 4.03. The van der Waals surface area contributed by atoms with Gasteiger partial charge in [0.1, 0.15) is 5.00 Å². The predicted molar refractivity (Wildman–Crippen MR) is 76.5 cm³/mol. The van der Waals surface area contributed by atoms with Crippen LogP contribution in [0.15, 0.2) is 0 Å². The largest absolute Gasteiger partial charge is 0.372 e. The molecule has 1 aromatic heterocycles. The van der Waals surface area contributed by atoms with Crippen molar-refractivity contribution in [2.75, 3.05) is 5.32 Å². The van der Waals surface area contributed by atoms with Crippen LogP contribution in [0.3, 0.4) is 0 Å². The van der Waals surface area contributed by atoms with E-state index in [1.54, 1.807) is 6.92 Å². The summed E-state index contributed by atoms with van der Waals surface area (Å²) in [6, 6.07) is 0.515. The molecule has 18 heavy (non-hydrogen) atoms. The molecule has 0 saturated heterocycles. The van der Waals surface area contributed by atoms with Crippen LogP contribution in [0.5, 0.6) is 0 Å². The number of carbonyl (C=O) groups is 1. The molecule has 2 rings (SSSR count). The molecular weight excluding hydrogens is 244 g/mol. The zero-order chi connectivity index (χ0) is 13.1. The molecule has 1 heterocycles. The van der Waals surface area contributed by atoms with Crippen LogP contribution in [0.1, 0.15) is 62.0 Å². The Labute approximate surface area is 113 Å². The van der Waals surface area contributed by atoms with Gasteiger partial charge in [0.2, 0.25) is 0 Å². The Balaban J connectivity index is 2.07. The molecule has 2 unspecified atom stereocenters. The monoisotopic (exact) mass is 266 g/mol. The summed E-state index contributed by atoms with van der Waals surface area (Å²) in [7, 11) is 0. The van der Waals surface area contributed by atoms with E-state index in [0.717, 1.165) is 22.2 Å². The molecule has 0 amide bonds. The standard InChI is InChI=1S/C14H22N2OS/c1-4-11-6-5-7-12(8-11)15-14-13(10(3)17)9(2)16-18-14/h11-12,15H,4-8H2,1-3H3. The molecule has 1 aliphatic carbocycles. The van der Waals surface area contributed by atoms with Gasteiger partial charge >= 0.3 is 0 Å². The molecule has 4 heteroatoms. The molecule has 0 aliphatic heterocycles. The normalized spacial score (nSPS) is 23.9. The minimum Gasteiger partial charge on any atom is -0.372 e. The summed E-state index contributed by atoms with van der Waals surface area (Å²) >= 11 is 1.43. The van der Waals surface area contributed by atoms with E-state index < -0.39 is 0 Å². The van der Waals surface area contributed by atoms with Crippen LogP contribution in [-0.2, 0) is 0 Å². The van der Waals surface area contributed by atoms with Gasteiger partial charge in [0.25, 0.3) is 0 Å². The quantitative estimate of drug-likeness (QED) is 0.836. The van der Waals surface area contributed by atoms with E-state index in [-0.39, 0.29) is 5.78 Å². The van der Waals surface area contributed by atoms with E-state index in [1.807, 2.05) is 6.92 Å². The van der Waals surface area contributed by atoms with Gasteiger partial charge in [-0.05, 0) is 44.1 Å². The van der Waals surface area contributed by atoms with Gasteiger partial charge in [0.05, 0.1) is 11.3 Å². The first-order valence-electron chi connectivity index (χ1n) is 6.85. The lowest BCUT2D eigenvalue weighted by Gasteiger charge is -2.29. The third-order valence-electron chi connectivity index (χ3n) is 3.91. The number of nitrogens with one attached hydrogen (secondary N) is 1. The molecule has 0 bridgehead atoms. The van der Waals surface area contributed by atoms with Crippen molar-refractivity contribution >= 4 is 22.3 Å². The Kier molecular flexibility index (Phi) is 4.38. The Morgan fingerprint density at radius 1 is 1.50 bits per heavy atom. The minimum atomic E-state index is 0.117. The van der Waals surface area contributed by atoms with Crippen molar-refractivity contribution in [3.63, 3.8) is 0 Å². The summed E-state index contributed by atoms with van der Waals surface area (Å²) in [4.78, 5) is 11.6. The van der Waals surface area contributed by atoms with Gasteiger partial charge < -0.3 is 5.32 Å². The average molecular weight is 266 g/mol. The fraction of sp³-hybridized carbons (Fsp3) is 0.714. The number of ketones is 1. The number of aromatic nitrogens is 1. The number of anilines is 1. The van der Waals surface area contributed by atoms with Gasteiger partial charge in [-0.3, -0.25) is 4.79 Å². The minimum absolute atomic E-state index is 0.117. The number of hydrogen-bond acceptors (Lipinski definition) is 4. The van der Waals surface area contributed by atoms with Crippen molar-refractivity contribution in [3.05, 3.63) is 11.3 Å². The molecule has 0 spiro atoms. The highest BCUT2D eigenvalue weighted by atomic mass is 32.1. The Bertz CT molecular complexity index is 427. The fourth-order valence-corrected chi connectivity index (χ4v) is 3.78. The van der Waals surface area contributed by atoms with Gasteiger partial charge in [0, 0.05) is 6.04 Å². The highest BCUT2D eigenvalue weighted by Crippen LogP contribution is 2.32. The van der Waals surface area contributed by atoms with Gasteiger partial charge in [-0.15, -0.1) is 0 Å². The Morgan fingerprint density at radius 2 is 2.28 bits per heavy atom. The lowest BCUT2D eigenvalue weighted by molar-refractivity contribution is 0.101. The summed E-state index contributed by atoms with van der Waals surface area (Å²) in [5.41, 5.74) is 1.65. The van der Waals surface area contributed by atoms with E-state index >= 15 is 0 Å². The van der Waals surface area contributed by atoms with Crippen molar-refractivity contribution in [1.82, 2.24) is 4.37 Å². The third-order valence-corrected chi connectivity index (χ3v) is 4.78. The number of aryl methyl sites for hydroxylation is 1. The second-order valence-corrected chi connectivity index (χ2v) is 6.08. The fourth-order valence-electron chi connectivity index (χ4n) is 2.86. The van der Waals surface area contributed by atoms with Gasteiger partial charge in [-0.1, -0.05) is 26.2 Å². The summed E-state index contributed by atoms with van der Waals surface area (Å²) in [5, 5.41) is 4.52. The maximum atomic E-state index is 11.6. The Morgan fingerprint density at radius 3 is 2.94 bits per heavy atom. The number of hydrogen-bond donors (Lipinski definition) is 1. The zero-order valence-corrected chi connectivity index (χ0v) is 12.3. The Hall–Kier alpha value is -0.900. The highest BCUT2D eigenvalue weighted by Gasteiger charge is 2.23. The summed E-state index contributed by atoms with van der Waals surface area (Å²) in [6.07, 6.45) is 6.36. The van der Waals surface area contributed by atoms with Crippen LogP contribution < -0.4 is 5.32 Å². The SMILES string of the molecule is CCC1CCCC(Nc2snc(C)c2C(C)=O)C1. The average Bonchev–Trinajstić information content (AvgIpc) is 2.70. The first-order valence-corrected chi connectivity index (χ1v) is 7.62. The molecule has 1 aromatic rings. The third kappa shape index (κ3) is 2.91. The maximum Gasteiger partial charge on any atom is 0.164 e. The van der Waals surface area contributed by atoms with Crippen LogP contribution in [0.4, 0.5) is 5.00 Å². The van der Waals surface area contributed by atoms with Gasteiger partial charge in [-0.2, -0.15) is 4.37 Å². The van der Waals surface area contributed by atoms with Crippen LogP contribution in [0, 0.1) is 12.8 Å². The number of Topliss-reactive ketones (excluding diaryl/α,β-unsaturated/α-hetero) is 1. The van der Waals surface area contributed by atoms with Crippen molar-refractivity contribution in [1.29, 1.82) is 0 Å². The van der Waals surface area contributed by atoms with E-state index in [1.165, 1.54) is 43.6 Å². The van der Waals surface area contributed by atoms with Crippen molar-refractivity contribution < 1.29 is 4.79 Å². The van der Waals surface area contributed by atoms with Gasteiger partial charge in [-0.25, -0.2) is 0 Å². The first kappa shape index (κ1) is 13.5. The summed E-state index contributed by atoms with van der Waals surface area (Å²) < 4.78 is 4.30. The molecule has 100 valence electrons. The summed E-state index contributed by atoms with van der Waals surface area (Å²) in [6.45, 7) is 5.80.